The number of nitrogens with two attached hydrogens (primary N) is 1. The molecule has 4 heteroatoms. The summed E-state index contributed by atoms with van der Waals surface area (Å²) in [7, 11) is 0. The molecule has 0 amide bonds. The van der Waals surface area contributed by atoms with Crippen molar-refractivity contribution in [2.45, 2.75) is 6.61 Å². The van der Waals surface area contributed by atoms with Crippen LogP contribution in [-0.4, -0.2) is 4.98 Å². The Labute approximate surface area is 109 Å². The van der Waals surface area contributed by atoms with Gasteiger partial charge in [0.2, 0.25) is 0 Å². The Morgan fingerprint density at radius 2 is 2.11 bits per heavy atom. The molecule has 90 valence electrons. The van der Waals surface area contributed by atoms with Gasteiger partial charge in [0.1, 0.15) is 17.9 Å². The topological polar surface area (TPSA) is 48.1 Å². The molecule has 0 saturated heterocycles. The van der Waals surface area contributed by atoms with Crippen LogP contribution in [-0.2, 0) is 6.61 Å². The summed E-state index contributed by atoms with van der Waals surface area (Å²) < 4.78 is 5.81. The van der Waals surface area contributed by atoms with Crippen molar-refractivity contribution in [3.8, 4) is 5.75 Å². The van der Waals surface area contributed by atoms with Crippen LogP contribution in [0.25, 0.3) is 10.9 Å². The Kier molecular flexibility index (Phi) is 2.86. The van der Waals surface area contributed by atoms with Gasteiger partial charge in [-0.3, -0.25) is 4.98 Å². The van der Waals surface area contributed by atoms with Crippen LogP contribution in [0.3, 0.4) is 0 Å². The molecule has 0 fully saturated rings. The fourth-order valence-electron chi connectivity index (χ4n) is 1.83. The average molecular weight is 256 g/mol. The second kappa shape index (κ2) is 4.66. The fourth-order valence-corrected chi connectivity index (χ4v) is 2.44. The Bertz CT molecular complexity index is 665. The number of benzene rings is 1. The molecule has 0 spiro atoms. The van der Waals surface area contributed by atoms with Crippen LogP contribution in [0.4, 0.5) is 5.69 Å². The van der Waals surface area contributed by atoms with Gasteiger partial charge >= 0.3 is 0 Å². The standard InChI is InChI=1S/C14H12N2OS/c15-12-5-6-13(14-11(12)4-1-7-16-14)17-9-10-3-2-8-18-10/h1-8H,9,15H2. The van der Waals surface area contributed by atoms with Crippen LogP contribution in [0.1, 0.15) is 4.88 Å². The van der Waals surface area contributed by atoms with Crippen molar-refractivity contribution in [1.29, 1.82) is 0 Å². The normalized spacial score (nSPS) is 10.7. The molecule has 0 radical (unpaired) electrons. The molecule has 2 aromatic heterocycles. The van der Waals surface area contributed by atoms with Gasteiger partial charge in [-0.15, -0.1) is 11.3 Å². The van der Waals surface area contributed by atoms with E-state index in [4.69, 9.17) is 10.5 Å². The smallest absolute Gasteiger partial charge is 0.146 e. The minimum Gasteiger partial charge on any atom is -0.486 e. The molecule has 1 aromatic carbocycles. The Morgan fingerprint density at radius 1 is 1.17 bits per heavy atom. The van der Waals surface area contributed by atoms with E-state index in [1.165, 1.54) is 4.88 Å². The van der Waals surface area contributed by atoms with Gasteiger partial charge in [0.25, 0.3) is 0 Å². The highest BCUT2D eigenvalue weighted by atomic mass is 32.1. The third-order valence-corrected chi connectivity index (χ3v) is 3.57. The Hall–Kier alpha value is -2.07. The molecule has 0 saturated carbocycles. The second-order valence-electron chi connectivity index (χ2n) is 3.92. The van der Waals surface area contributed by atoms with Crippen molar-refractivity contribution in [3.05, 3.63) is 52.9 Å². The molecule has 3 aromatic rings. The summed E-state index contributed by atoms with van der Waals surface area (Å²) >= 11 is 1.68. The number of rotatable bonds is 3. The van der Waals surface area contributed by atoms with Gasteiger partial charge in [-0.25, -0.2) is 0 Å². The summed E-state index contributed by atoms with van der Waals surface area (Å²) in [5, 5.41) is 2.97. The SMILES string of the molecule is Nc1ccc(OCc2cccs2)c2ncccc12. The molecule has 0 bridgehead atoms. The predicted octanol–water partition coefficient (Wildman–Crippen LogP) is 3.46. The highest BCUT2D eigenvalue weighted by Gasteiger charge is 2.06. The molecule has 2 heterocycles. The van der Waals surface area contributed by atoms with Gasteiger partial charge in [0.15, 0.2) is 0 Å². The van der Waals surface area contributed by atoms with Crippen LogP contribution in [0, 0.1) is 0 Å². The molecule has 18 heavy (non-hydrogen) atoms. The summed E-state index contributed by atoms with van der Waals surface area (Å²) in [4.78, 5) is 5.53. The first-order valence-electron chi connectivity index (χ1n) is 5.63. The molecule has 0 aliphatic carbocycles. The second-order valence-corrected chi connectivity index (χ2v) is 4.95. The molecule has 2 N–H and O–H groups in total. The van der Waals surface area contributed by atoms with Crippen molar-refractivity contribution >= 4 is 27.9 Å². The van der Waals surface area contributed by atoms with Crippen LogP contribution in [0.15, 0.2) is 48.0 Å². The lowest BCUT2D eigenvalue weighted by Gasteiger charge is -2.09. The average Bonchev–Trinajstić information content (AvgIpc) is 2.92. The van der Waals surface area contributed by atoms with Crippen LogP contribution < -0.4 is 10.5 Å². The van der Waals surface area contributed by atoms with Crippen molar-refractivity contribution in [2.24, 2.45) is 0 Å². The van der Waals surface area contributed by atoms with E-state index < -0.39 is 0 Å². The minimum atomic E-state index is 0.563. The van der Waals surface area contributed by atoms with Gasteiger partial charge in [0, 0.05) is 22.1 Å². The number of ether oxygens (including phenoxy) is 1. The quantitative estimate of drug-likeness (QED) is 0.730. The number of nitrogen functional groups attached to an aromatic ring is 1. The van der Waals surface area contributed by atoms with E-state index >= 15 is 0 Å². The van der Waals surface area contributed by atoms with E-state index in [0.717, 1.165) is 22.3 Å². The van der Waals surface area contributed by atoms with E-state index in [1.807, 2.05) is 35.7 Å². The van der Waals surface area contributed by atoms with Crippen LogP contribution in [0.5, 0.6) is 5.75 Å². The number of pyridine rings is 1. The summed E-state index contributed by atoms with van der Waals surface area (Å²) in [5.41, 5.74) is 7.46. The summed E-state index contributed by atoms with van der Waals surface area (Å²) in [5.74, 6) is 0.771. The first-order valence-corrected chi connectivity index (χ1v) is 6.51. The number of thiophene rings is 1. The molecule has 3 nitrogen and oxygen atoms in total. The maximum atomic E-state index is 5.92. The molecular weight excluding hydrogens is 244 g/mol. The van der Waals surface area contributed by atoms with Crippen molar-refractivity contribution in [1.82, 2.24) is 4.98 Å². The van der Waals surface area contributed by atoms with Crippen molar-refractivity contribution < 1.29 is 4.74 Å². The van der Waals surface area contributed by atoms with E-state index in [2.05, 4.69) is 11.1 Å². The van der Waals surface area contributed by atoms with Crippen molar-refractivity contribution in [2.75, 3.05) is 5.73 Å². The first-order chi connectivity index (χ1) is 8.84. The number of fused-ring (bicyclic) bond motifs is 1. The molecule has 0 aliphatic heterocycles. The van der Waals surface area contributed by atoms with Crippen molar-refractivity contribution in [3.63, 3.8) is 0 Å². The van der Waals surface area contributed by atoms with Crippen LogP contribution >= 0.6 is 11.3 Å². The maximum Gasteiger partial charge on any atom is 0.146 e. The predicted molar refractivity (Wildman–Crippen MR) is 74.8 cm³/mol. The zero-order valence-electron chi connectivity index (χ0n) is 9.67. The highest BCUT2D eigenvalue weighted by Crippen LogP contribution is 2.28. The lowest BCUT2D eigenvalue weighted by atomic mass is 10.2. The van der Waals surface area contributed by atoms with E-state index in [1.54, 1.807) is 17.5 Å². The zero-order chi connectivity index (χ0) is 12.4. The summed E-state index contributed by atoms with van der Waals surface area (Å²) in [6.45, 7) is 0.563. The van der Waals surface area contributed by atoms with Gasteiger partial charge in [-0.1, -0.05) is 6.07 Å². The largest absolute Gasteiger partial charge is 0.486 e. The van der Waals surface area contributed by atoms with E-state index in [0.29, 0.717) is 6.61 Å². The summed E-state index contributed by atoms with van der Waals surface area (Å²) in [6, 6.07) is 11.6. The number of hydrogen-bond acceptors (Lipinski definition) is 4. The molecule has 0 aliphatic rings. The lowest BCUT2D eigenvalue weighted by molar-refractivity contribution is 0.313. The van der Waals surface area contributed by atoms with Gasteiger partial charge in [-0.2, -0.15) is 0 Å². The third-order valence-electron chi connectivity index (χ3n) is 2.72. The summed E-state index contributed by atoms with van der Waals surface area (Å²) in [6.07, 6.45) is 1.75. The van der Waals surface area contributed by atoms with Gasteiger partial charge < -0.3 is 10.5 Å². The molecule has 0 atom stereocenters. The van der Waals surface area contributed by atoms with Crippen LogP contribution in [0.2, 0.25) is 0 Å². The molecule has 3 rings (SSSR count). The lowest BCUT2D eigenvalue weighted by Crippen LogP contribution is -1.96. The number of anilines is 1. The van der Waals surface area contributed by atoms with Gasteiger partial charge in [0.05, 0.1) is 0 Å². The monoisotopic (exact) mass is 256 g/mol. The fraction of sp³-hybridized carbons (Fsp3) is 0.0714. The van der Waals surface area contributed by atoms with E-state index in [-0.39, 0.29) is 0 Å². The number of hydrogen-bond donors (Lipinski definition) is 1. The third kappa shape index (κ3) is 2.02. The van der Waals surface area contributed by atoms with E-state index in [9.17, 15) is 0 Å². The highest BCUT2D eigenvalue weighted by molar-refractivity contribution is 7.09. The molecular formula is C14H12N2OS. The molecule has 0 unspecified atom stereocenters. The first kappa shape index (κ1) is 11.0. The van der Waals surface area contributed by atoms with Gasteiger partial charge in [-0.05, 0) is 35.7 Å². The Balaban J connectivity index is 1.94. The number of nitrogens with zero attached hydrogens (tertiary/aromatic N) is 1. The Morgan fingerprint density at radius 3 is 2.94 bits per heavy atom. The maximum absolute atomic E-state index is 5.92. The minimum absolute atomic E-state index is 0.563. The zero-order valence-corrected chi connectivity index (χ0v) is 10.5. The number of aromatic nitrogens is 1.